The molecule has 1 aromatic rings. The number of aromatic hydroxyl groups is 1. The lowest BCUT2D eigenvalue weighted by Gasteiger charge is -2.30. The van der Waals surface area contributed by atoms with Crippen LogP contribution >= 0.6 is 0 Å². The van der Waals surface area contributed by atoms with Crippen LogP contribution in [-0.2, 0) is 0 Å². The largest absolute Gasteiger partial charge is 0.507 e. The van der Waals surface area contributed by atoms with Crippen molar-refractivity contribution in [1.82, 2.24) is 10.2 Å². The van der Waals surface area contributed by atoms with Crippen LogP contribution in [0.2, 0.25) is 0 Å². The molecule has 0 bridgehead atoms. The molecular weight excluding hydrogens is 276 g/mol. The van der Waals surface area contributed by atoms with Gasteiger partial charge in [-0.15, -0.1) is 0 Å². The Hall–Kier alpha value is -1.55. The summed E-state index contributed by atoms with van der Waals surface area (Å²) in [6.45, 7) is 10.2. The van der Waals surface area contributed by atoms with Crippen molar-refractivity contribution in [3.63, 3.8) is 0 Å². The van der Waals surface area contributed by atoms with Gasteiger partial charge in [-0.1, -0.05) is 26.8 Å². The number of benzene rings is 1. The highest BCUT2D eigenvalue weighted by Gasteiger charge is 2.16. The van der Waals surface area contributed by atoms with E-state index in [0.717, 1.165) is 31.1 Å². The van der Waals surface area contributed by atoms with Gasteiger partial charge in [-0.25, -0.2) is 0 Å². The van der Waals surface area contributed by atoms with E-state index in [-0.39, 0.29) is 11.7 Å². The molecule has 1 amide bonds. The molecule has 0 atom stereocenters. The monoisotopic (exact) mass is 304 g/mol. The van der Waals surface area contributed by atoms with Crippen LogP contribution in [0.15, 0.2) is 18.2 Å². The molecule has 4 nitrogen and oxygen atoms in total. The van der Waals surface area contributed by atoms with Crippen molar-refractivity contribution in [2.75, 3.05) is 26.2 Å². The van der Waals surface area contributed by atoms with Gasteiger partial charge in [-0.2, -0.15) is 0 Å². The maximum Gasteiger partial charge on any atom is 0.255 e. The van der Waals surface area contributed by atoms with Gasteiger partial charge in [0.25, 0.3) is 5.91 Å². The molecule has 2 N–H and O–H groups in total. The first-order valence-corrected chi connectivity index (χ1v) is 8.31. The third-order valence-corrected chi connectivity index (χ3v) is 4.52. The molecule has 0 aliphatic carbocycles. The predicted octanol–water partition coefficient (Wildman–Crippen LogP) is 2.98. The maximum absolute atomic E-state index is 12.2. The van der Waals surface area contributed by atoms with Crippen molar-refractivity contribution < 1.29 is 9.90 Å². The lowest BCUT2D eigenvalue weighted by Crippen LogP contribution is -2.39. The molecule has 1 aliphatic rings. The Morgan fingerprint density at radius 3 is 2.68 bits per heavy atom. The average molecular weight is 304 g/mol. The van der Waals surface area contributed by atoms with Gasteiger partial charge in [0.2, 0.25) is 0 Å². The van der Waals surface area contributed by atoms with E-state index in [1.807, 2.05) is 6.07 Å². The summed E-state index contributed by atoms with van der Waals surface area (Å²) in [5, 5.41) is 12.8. The Balaban J connectivity index is 1.85. The molecule has 0 unspecified atom stereocenters. The molecule has 1 aromatic carbocycles. The highest BCUT2D eigenvalue weighted by atomic mass is 16.3. The van der Waals surface area contributed by atoms with Crippen molar-refractivity contribution >= 4 is 5.91 Å². The van der Waals surface area contributed by atoms with Crippen molar-refractivity contribution in [1.29, 1.82) is 0 Å². The lowest BCUT2D eigenvalue weighted by molar-refractivity contribution is 0.0941. The highest BCUT2D eigenvalue weighted by Crippen LogP contribution is 2.23. The molecule has 4 heteroatoms. The standard InChI is InChI=1S/C18H28N2O2/c1-13(2)15-4-5-17(21)16(12-15)18(22)19-8-11-20-9-6-14(3)7-10-20/h4-5,12-14,21H,6-11H2,1-3H3,(H,19,22). The fourth-order valence-corrected chi connectivity index (χ4v) is 2.80. The van der Waals surface area contributed by atoms with Crippen molar-refractivity contribution in [2.45, 2.75) is 39.5 Å². The molecule has 0 aromatic heterocycles. The van der Waals surface area contributed by atoms with E-state index in [9.17, 15) is 9.90 Å². The van der Waals surface area contributed by atoms with Crippen molar-refractivity contribution in [2.24, 2.45) is 5.92 Å². The topological polar surface area (TPSA) is 52.6 Å². The molecule has 2 rings (SSSR count). The SMILES string of the molecule is CC1CCN(CCNC(=O)c2cc(C(C)C)ccc2O)CC1. The number of phenols is 1. The molecular formula is C18H28N2O2. The van der Waals surface area contributed by atoms with Crippen LogP contribution in [0.1, 0.15) is 55.5 Å². The van der Waals surface area contributed by atoms with Gasteiger partial charge in [0.05, 0.1) is 5.56 Å². The number of phenolic OH excluding ortho intramolecular Hbond substituents is 1. The van der Waals surface area contributed by atoms with E-state index in [2.05, 4.69) is 31.0 Å². The zero-order valence-electron chi connectivity index (χ0n) is 13.9. The molecule has 0 radical (unpaired) electrons. The number of amides is 1. The van der Waals surface area contributed by atoms with Gasteiger partial charge in [0, 0.05) is 13.1 Å². The normalized spacial score (nSPS) is 16.9. The van der Waals surface area contributed by atoms with Gasteiger partial charge in [0.15, 0.2) is 0 Å². The number of piperidine rings is 1. The van der Waals surface area contributed by atoms with Crippen LogP contribution in [-0.4, -0.2) is 42.1 Å². The van der Waals surface area contributed by atoms with Crippen LogP contribution in [0.25, 0.3) is 0 Å². The van der Waals surface area contributed by atoms with E-state index in [1.54, 1.807) is 12.1 Å². The molecule has 1 saturated heterocycles. The Morgan fingerprint density at radius 1 is 1.36 bits per heavy atom. The Bertz CT molecular complexity index is 506. The second-order valence-electron chi connectivity index (χ2n) is 6.71. The van der Waals surface area contributed by atoms with E-state index in [0.29, 0.717) is 18.0 Å². The number of likely N-dealkylation sites (tertiary alicyclic amines) is 1. The van der Waals surface area contributed by atoms with Crippen LogP contribution in [0.5, 0.6) is 5.75 Å². The molecule has 1 heterocycles. The summed E-state index contributed by atoms with van der Waals surface area (Å²) in [6, 6.07) is 5.26. The number of nitrogens with zero attached hydrogens (tertiary/aromatic N) is 1. The van der Waals surface area contributed by atoms with Crippen molar-refractivity contribution in [3.8, 4) is 5.75 Å². The quantitative estimate of drug-likeness (QED) is 0.879. The highest BCUT2D eigenvalue weighted by molar-refractivity contribution is 5.97. The Labute approximate surface area is 133 Å². The molecule has 22 heavy (non-hydrogen) atoms. The number of nitrogens with one attached hydrogen (secondary N) is 1. The van der Waals surface area contributed by atoms with Gasteiger partial charge in [0.1, 0.15) is 5.75 Å². The van der Waals surface area contributed by atoms with Crippen LogP contribution < -0.4 is 5.32 Å². The number of hydrogen-bond acceptors (Lipinski definition) is 3. The van der Waals surface area contributed by atoms with Crippen LogP contribution in [0.3, 0.4) is 0 Å². The van der Waals surface area contributed by atoms with Crippen molar-refractivity contribution in [3.05, 3.63) is 29.3 Å². The van der Waals surface area contributed by atoms with Crippen LogP contribution in [0, 0.1) is 5.92 Å². The molecule has 1 aliphatic heterocycles. The van der Waals surface area contributed by atoms with E-state index >= 15 is 0 Å². The number of carbonyl (C=O) groups is 1. The minimum atomic E-state index is -0.189. The molecule has 122 valence electrons. The van der Waals surface area contributed by atoms with Gasteiger partial charge < -0.3 is 15.3 Å². The first-order valence-electron chi connectivity index (χ1n) is 8.31. The smallest absolute Gasteiger partial charge is 0.255 e. The van der Waals surface area contributed by atoms with Gasteiger partial charge >= 0.3 is 0 Å². The molecule has 0 spiro atoms. The minimum absolute atomic E-state index is 0.0497. The van der Waals surface area contributed by atoms with E-state index < -0.39 is 0 Å². The zero-order valence-corrected chi connectivity index (χ0v) is 13.9. The summed E-state index contributed by atoms with van der Waals surface area (Å²) >= 11 is 0. The summed E-state index contributed by atoms with van der Waals surface area (Å²) in [7, 11) is 0. The summed E-state index contributed by atoms with van der Waals surface area (Å²) in [5.74, 6) is 1.02. The second kappa shape index (κ2) is 7.63. The van der Waals surface area contributed by atoms with Crippen LogP contribution in [0.4, 0.5) is 0 Å². The Kier molecular flexibility index (Phi) is 5.83. The zero-order chi connectivity index (χ0) is 16.1. The number of carbonyl (C=O) groups excluding carboxylic acids is 1. The summed E-state index contributed by atoms with van der Waals surface area (Å²) < 4.78 is 0. The maximum atomic E-state index is 12.2. The first kappa shape index (κ1) is 16.8. The second-order valence-corrected chi connectivity index (χ2v) is 6.71. The predicted molar refractivity (Wildman–Crippen MR) is 89.4 cm³/mol. The third-order valence-electron chi connectivity index (χ3n) is 4.52. The number of hydrogen-bond donors (Lipinski definition) is 2. The summed E-state index contributed by atoms with van der Waals surface area (Å²) in [4.78, 5) is 14.6. The first-order chi connectivity index (χ1) is 10.5. The number of rotatable bonds is 5. The molecule has 1 fully saturated rings. The fourth-order valence-electron chi connectivity index (χ4n) is 2.80. The third kappa shape index (κ3) is 4.47. The summed E-state index contributed by atoms with van der Waals surface area (Å²) in [5.41, 5.74) is 1.44. The van der Waals surface area contributed by atoms with Gasteiger partial charge in [-0.3, -0.25) is 4.79 Å². The van der Waals surface area contributed by atoms with Gasteiger partial charge in [-0.05, 0) is 55.5 Å². The van der Waals surface area contributed by atoms with E-state index in [4.69, 9.17) is 0 Å². The summed E-state index contributed by atoms with van der Waals surface area (Å²) in [6.07, 6.45) is 2.48. The minimum Gasteiger partial charge on any atom is -0.507 e. The fraction of sp³-hybridized carbons (Fsp3) is 0.611. The molecule has 0 saturated carbocycles. The van der Waals surface area contributed by atoms with E-state index in [1.165, 1.54) is 12.8 Å². The lowest BCUT2D eigenvalue weighted by atomic mass is 9.99. The average Bonchev–Trinajstić information content (AvgIpc) is 2.49. The Morgan fingerprint density at radius 2 is 2.05 bits per heavy atom.